The van der Waals surface area contributed by atoms with Gasteiger partial charge in [-0.3, -0.25) is 0 Å². The van der Waals surface area contributed by atoms with E-state index in [4.69, 9.17) is 11.6 Å². The third-order valence-corrected chi connectivity index (χ3v) is 4.03. The Morgan fingerprint density at radius 2 is 2.25 bits per heavy atom. The van der Waals surface area contributed by atoms with Crippen molar-refractivity contribution < 1.29 is 5.11 Å². The van der Waals surface area contributed by atoms with Crippen LogP contribution in [0.1, 0.15) is 25.8 Å². The van der Waals surface area contributed by atoms with Crippen LogP contribution in [0.2, 0.25) is 5.02 Å². The number of aliphatic hydroxyl groups is 1. The Hall–Kier alpha value is -0.770. The van der Waals surface area contributed by atoms with Crippen LogP contribution in [0.25, 0.3) is 0 Å². The molecule has 1 aliphatic rings. The highest BCUT2D eigenvalue weighted by Crippen LogP contribution is 2.29. The Kier molecular flexibility index (Phi) is 5.70. The quantitative estimate of drug-likeness (QED) is 0.847. The van der Waals surface area contributed by atoms with Crippen LogP contribution in [0.4, 0.5) is 5.69 Å². The molecule has 0 amide bonds. The molecule has 1 aliphatic heterocycles. The van der Waals surface area contributed by atoms with Gasteiger partial charge < -0.3 is 15.3 Å². The molecule has 1 unspecified atom stereocenters. The molecule has 0 radical (unpaired) electrons. The number of anilines is 1. The van der Waals surface area contributed by atoms with Gasteiger partial charge in [-0.05, 0) is 42.6 Å². The molecule has 3 nitrogen and oxygen atoms in total. The first-order chi connectivity index (χ1) is 9.60. The molecule has 112 valence electrons. The summed E-state index contributed by atoms with van der Waals surface area (Å²) in [6.45, 7) is 8.50. The second kappa shape index (κ2) is 7.30. The van der Waals surface area contributed by atoms with Crippen LogP contribution in [-0.4, -0.2) is 31.3 Å². The van der Waals surface area contributed by atoms with Gasteiger partial charge in [0.15, 0.2) is 0 Å². The van der Waals surface area contributed by atoms with Gasteiger partial charge in [-0.1, -0.05) is 25.4 Å². The molecule has 1 atom stereocenters. The summed E-state index contributed by atoms with van der Waals surface area (Å²) < 4.78 is 0. The van der Waals surface area contributed by atoms with Crippen molar-refractivity contribution in [3.63, 3.8) is 0 Å². The number of benzene rings is 1. The summed E-state index contributed by atoms with van der Waals surface area (Å²) in [6, 6.07) is 6.11. The van der Waals surface area contributed by atoms with E-state index in [1.54, 1.807) is 0 Å². The molecular formula is C16H25ClN2O. The lowest BCUT2D eigenvalue weighted by Crippen LogP contribution is -2.24. The summed E-state index contributed by atoms with van der Waals surface area (Å²) in [4.78, 5) is 2.36. The van der Waals surface area contributed by atoms with E-state index in [0.717, 1.165) is 37.6 Å². The monoisotopic (exact) mass is 296 g/mol. The van der Waals surface area contributed by atoms with Crippen molar-refractivity contribution in [3.05, 3.63) is 28.8 Å². The maximum Gasteiger partial charge on any atom is 0.0476 e. The van der Waals surface area contributed by atoms with Crippen molar-refractivity contribution in [2.45, 2.75) is 26.8 Å². The van der Waals surface area contributed by atoms with Crippen molar-refractivity contribution in [2.75, 3.05) is 31.1 Å². The van der Waals surface area contributed by atoms with Crippen LogP contribution < -0.4 is 10.2 Å². The number of nitrogens with zero attached hydrogens (tertiary/aromatic N) is 1. The number of hydrogen-bond acceptors (Lipinski definition) is 3. The van der Waals surface area contributed by atoms with Crippen LogP contribution >= 0.6 is 11.6 Å². The number of halogens is 1. The van der Waals surface area contributed by atoms with E-state index in [1.807, 2.05) is 6.07 Å². The highest BCUT2D eigenvalue weighted by molar-refractivity contribution is 6.30. The van der Waals surface area contributed by atoms with E-state index < -0.39 is 0 Å². The fourth-order valence-electron chi connectivity index (χ4n) is 2.70. The molecule has 0 bridgehead atoms. The summed E-state index contributed by atoms with van der Waals surface area (Å²) >= 11 is 6.13. The van der Waals surface area contributed by atoms with Crippen molar-refractivity contribution in [1.29, 1.82) is 0 Å². The highest BCUT2D eigenvalue weighted by atomic mass is 35.5. The Balaban J connectivity index is 2.07. The van der Waals surface area contributed by atoms with Crippen LogP contribution in [0, 0.1) is 11.8 Å². The van der Waals surface area contributed by atoms with Gasteiger partial charge in [0.25, 0.3) is 0 Å². The lowest BCUT2D eigenvalue weighted by atomic mass is 10.1. The lowest BCUT2D eigenvalue weighted by Gasteiger charge is -2.23. The molecular weight excluding hydrogens is 272 g/mol. The molecule has 0 aromatic heterocycles. The van der Waals surface area contributed by atoms with Gasteiger partial charge in [0.05, 0.1) is 0 Å². The van der Waals surface area contributed by atoms with Gasteiger partial charge in [0.2, 0.25) is 0 Å². The molecule has 0 spiro atoms. The second-order valence-corrected chi connectivity index (χ2v) is 6.52. The SMILES string of the molecule is CC(C)CNCc1cc(Cl)ccc1N1CCC(CO)C1. The highest BCUT2D eigenvalue weighted by Gasteiger charge is 2.23. The lowest BCUT2D eigenvalue weighted by molar-refractivity contribution is 0.238. The van der Waals surface area contributed by atoms with Crippen molar-refractivity contribution >= 4 is 17.3 Å². The molecule has 0 aliphatic carbocycles. The first kappa shape index (κ1) is 15.6. The average Bonchev–Trinajstić information content (AvgIpc) is 2.87. The van der Waals surface area contributed by atoms with Crippen LogP contribution in [0.15, 0.2) is 18.2 Å². The Labute approximate surface area is 126 Å². The second-order valence-electron chi connectivity index (χ2n) is 6.08. The van der Waals surface area contributed by atoms with Gasteiger partial charge in [0, 0.05) is 42.9 Å². The predicted octanol–water partition coefficient (Wildman–Crippen LogP) is 2.90. The molecule has 1 fully saturated rings. The summed E-state index contributed by atoms with van der Waals surface area (Å²) in [5.74, 6) is 1.05. The van der Waals surface area contributed by atoms with Gasteiger partial charge in [-0.15, -0.1) is 0 Å². The smallest absolute Gasteiger partial charge is 0.0476 e. The number of aliphatic hydroxyl groups excluding tert-OH is 1. The van der Waals surface area contributed by atoms with Gasteiger partial charge in [-0.2, -0.15) is 0 Å². The van der Waals surface area contributed by atoms with Crippen LogP contribution in [0.3, 0.4) is 0 Å². The fraction of sp³-hybridized carbons (Fsp3) is 0.625. The standard InChI is InChI=1S/C16H25ClN2O/c1-12(2)8-18-9-14-7-15(17)3-4-16(14)19-6-5-13(10-19)11-20/h3-4,7,12-13,18,20H,5-6,8-11H2,1-2H3. The molecule has 0 saturated carbocycles. The molecule has 2 rings (SSSR count). The molecule has 4 heteroatoms. The number of hydrogen-bond donors (Lipinski definition) is 2. The average molecular weight is 297 g/mol. The van der Waals surface area contributed by atoms with E-state index in [0.29, 0.717) is 11.8 Å². The van der Waals surface area contributed by atoms with E-state index in [-0.39, 0.29) is 6.61 Å². The van der Waals surface area contributed by atoms with E-state index in [1.165, 1.54) is 11.3 Å². The van der Waals surface area contributed by atoms with Gasteiger partial charge in [-0.25, -0.2) is 0 Å². The van der Waals surface area contributed by atoms with Gasteiger partial charge in [0.1, 0.15) is 0 Å². The molecule has 20 heavy (non-hydrogen) atoms. The topological polar surface area (TPSA) is 35.5 Å². The zero-order valence-corrected chi connectivity index (χ0v) is 13.2. The fourth-order valence-corrected chi connectivity index (χ4v) is 2.89. The molecule has 1 heterocycles. The van der Waals surface area contributed by atoms with E-state index in [2.05, 4.69) is 36.2 Å². The minimum absolute atomic E-state index is 0.283. The Bertz CT molecular complexity index is 436. The molecule has 1 aromatic rings. The normalized spacial score (nSPS) is 19.1. The van der Waals surface area contributed by atoms with Crippen molar-refractivity contribution in [3.8, 4) is 0 Å². The maximum absolute atomic E-state index is 9.29. The molecule has 2 N–H and O–H groups in total. The summed E-state index contributed by atoms with van der Waals surface area (Å²) in [5, 5.41) is 13.6. The first-order valence-corrected chi connectivity index (χ1v) is 7.83. The minimum atomic E-state index is 0.283. The maximum atomic E-state index is 9.29. The largest absolute Gasteiger partial charge is 0.396 e. The Morgan fingerprint density at radius 3 is 2.90 bits per heavy atom. The third-order valence-electron chi connectivity index (χ3n) is 3.79. The van der Waals surface area contributed by atoms with Crippen LogP contribution in [0.5, 0.6) is 0 Å². The minimum Gasteiger partial charge on any atom is -0.396 e. The van der Waals surface area contributed by atoms with Gasteiger partial charge >= 0.3 is 0 Å². The molecule has 1 aromatic carbocycles. The molecule has 1 saturated heterocycles. The number of rotatable bonds is 6. The van der Waals surface area contributed by atoms with E-state index in [9.17, 15) is 5.11 Å². The van der Waals surface area contributed by atoms with Crippen molar-refractivity contribution in [1.82, 2.24) is 5.32 Å². The van der Waals surface area contributed by atoms with E-state index >= 15 is 0 Å². The first-order valence-electron chi connectivity index (χ1n) is 7.45. The predicted molar refractivity (Wildman–Crippen MR) is 85.4 cm³/mol. The number of nitrogens with one attached hydrogen (secondary N) is 1. The summed E-state index contributed by atoms with van der Waals surface area (Å²) in [6.07, 6.45) is 1.07. The zero-order valence-electron chi connectivity index (χ0n) is 12.4. The summed E-state index contributed by atoms with van der Waals surface area (Å²) in [7, 11) is 0. The summed E-state index contributed by atoms with van der Waals surface area (Å²) in [5.41, 5.74) is 2.50. The third kappa shape index (κ3) is 4.11. The zero-order chi connectivity index (χ0) is 14.5. The Morgan fingerprint density at radius 1 is 1.45 bits per heavy atom. The van der Waals surface area contributed by atoms with Crippen LogP contribution in [-0.2, 0) is 6.54 Å². The van der Waals surface area contributed by atoms with Crippen molar-refractivity contribution in [2.24, 2.45) is 11.8 Å².